The minimum Gasteiger partial charge on any atom is -0.722 e. The Morgan fingerprint density at radius 1 is 1.38 bits per heavy atom. The maximum atomic E-state index is 10.8. The molecule has 1 aromatic rings. The number of rotatable bonds is 3. The minimum absolute atomic E-state index is 0.0127. The second kappa shape index (κ2) is 4.73. The van der Waals surface area contributed by atoms with E-state index in [1.165, 1.54) is 18.2 Å². The van der Waals surface area contributed by atoms with Crippen molar-refractivity contribution >= 4 is 17.9 Å². The molecule has 0 saturated heterocycles. The molecule has 84 valence electrons. The number of nitrogens with two attached hydrogens (primary N) is 2. The number of non-ortho nitro benzene ring substituents is 1. The summed E-state index contributed by atoms with van der Waals surface area (Å²) in [7, 11) is 0. The molecule has 8 heteroatoms. The fraction of sp³-hybridized carbons (Fsp3) is 0. The standard InChI is InChI=1S/C8H9N5O3/c9-8(10)12(14)11-5-6-2-1-3-7(4-6)13(15)16/h1-5H,9-10H2. The zero-order valence-corrected chi connectivity index (χ0v) is 8.11. The molecule has 0 heterocycles. The molecule has 0 saturated carbocycles. The summed E-state index contributed by atoms with van der Waals surface area (Å²) in [4.78, 5) is 9.91. The predicted octanol–water partition coefficient (Wildman–Crippen LogP) is -0.288. The molecule has 1 rings (SSSR count). The number of nitro groups is 1. The lowest BCUT2D eigenvalue weighted by Crippen LogP contribution is -2.30. The third-order valence-corrected chi connectivity index (χ3v) is 1.61. The third kappa shape index (κ3) is 2.94. The quantitative estimate of drug-likeness (QED) is 0.181. The van der Waals surface area contributed by atoms with E-state index in [9.17, 15) is 15.3 Å². The van der Waals surface area contributed by atoms with Crippen LogP contribution in [-0.2, 0) is 0 Å². The van der Waals surface area contributed by atoms with Crippen molar-refractivity contribution in [2.45, 2.75) is 0 Å². The summed E-state index contributed by atoms with van der Waals surface area (Å²) in [5.41, 5.74) is 10.2. The highest BCUT2D eigenvalue weighted by molar-refractivity contribution is 5.80. The van der Waals surface area contributed by atoms with Gasteiger partial charge in [0.05, 0.1) is 11.1 Å². The van der Waals surface area contributed by atoms with Gasteiger partial charge in [0.25, 0.3) is 5.69 Å². The fourth-order valence-electron chi connectivity index (χ4n) is 0.904. The lowest BCUT2D eigenvalue weighted by atomic mass is 10.2. The van der Waals surface area contributed by atoms with Gasteiger partial charge < -0.3 is 5.21 Å². The first kappa shape index (κ1) is 11.4. The zero-order valence-electron chi connectivity index (χ0n) is 8.11. The predicted molar refractivity (Wildman–Crippen MR) is 57.7 cm³/mol. The Morgan fingerprint density at radius 3 is 2.62 bits per heavy atom. The molecule has 0 aliphatic carbocycles. The van der Waals surface area contributed by atoms with Gasteiger partial charge in [0.2, 0.25) is 0 Å². The minimum atomic E-state index is -0.546. The van der Waals surface area contributed by atoms with Crippen LogP contribution < -0.4 is 11.5 Å². The van der Waals surface area contributed by atoms with Crippen molar-refractivity contribution in [3.8, 4) is 0 Å². The van der Waals surface area contributed by atoms with Gasteiger partial charge in [0, 0.05) is 17.7 Å². The van der Waals surface area contributed by atoms with Crippen molar-refractivity contribution in [1.29, 1.82) is 0 Å². The number of benzene rings is 1. The smallest absolute Gasteiger partial charge is 0.366 e. The number of hydrazone groups is 1. The number of hydrogen-bond acceptors (Lipinski definition) is 4. The van der Waals surface area contributed by atoms with Crippen LogP contribution in [0.15, 0.2) is 29.4 Å². The van der Waals surface area contributed by atoms with Crippen LogP contribution in [0.4, 0.5) is 5.69 Å². The van der Waals surface area contributed by atoms with Gasteiger partial charge in [-0.05, 0) is 0 Å². The van der Waals surface area contributed by atoms with E-state index in [1.54, 1.807) is 6.07 Å². The number of nitrogens with zero attached hydrogens (tertiary/aromatic N) is 3. The lowest BCUT2D eigenvalue weighted by molar-refractivity contribution is -0.463. The molecule has 0 spiro atoms. The topological polar surface area (TPSA) is 134 Å². The Morgan fingerprint density at radius 2 is 2.06 bits per heavy atom. The lowest BCUT2D eigenvalue weighted by Gasteiger charge is -2.02. The monoisotopic (exact) mass is 223 g/mol. The summed E-state index contributed by atoms with van der Waals surface area (Å²) in [6, 6.07) is 5.63. The summed E-state index contributed by atoms with van der Waals surface area (Å²) >= 11 is 0. The van der Waals surface area contributed by atoms with E-state index in [1.807, 2.05) is 0 Å². The molecule has 0 atom stereocenters. The average Bonchev–Trinajstić information content (AvgIpc) is 2.26. The molecule has 8 nitrogen and oxygen atoms in total. The van der Waals surface area contributed by atoms with Crippen molar-refractivity contribution in [2.75, 3.05) is 0 Å². The van der Waals surface area contributed by atoms with Gasteiger partial charge >= 0.3 is 5.96 Å². The molecule has 0 aromatic heterocycles. The van der Waals surface area contributed by atoms with Gasteiger partial charge in [-0.1, -0.05) is 12.1 Å². The summed E-state index contributed by atoms with van der Waals surface area (Å²) in [5, 5.41) is 24.6. The second-order valence-corrected chi connectivity index (χ2v) is 2.79. The number of hydrogen-bond donors (Lipinski definition) is 2. The van der Waals surface area contributed by atoms with Gasteiger partial charge in [0.15, 0.2) is 0 Å². The molecule has 0 bridgehead atoms. The molecule has 16 heavy (non-hydrogen) atoms. The largest absolute Gasteiger partial charge is 0.722 e. The van der Waals surface area contributed by atoms with Crippen LogP contribution in [0.25, 0.3) is 0 Å². The van der Waals surface area contributed by atoms with E-state index in [-0.39, 0.29) is 10.5 Å². The van der Waals surface area contributed by atoms with E-state index in [4.69, 9.17) is 11.5 Å². The van der Waals surface area contributed by atoms with E-state index in [0.29, 0.717) is 5.56 Å². The molecule has 0 unspecified atom stereocenters. The summed E-state index contributed by atoms with van der Waals surface area (Å²) in [5.74, 6) is -0.512. The first-order valence-electron chi connectivity index (χ1n) is 4.14. The molecular formula is C8H9N5O3. The molecule has 0 aliphatic rings. The van der Waals surface area contributed by atoms with Crippen LogP contribution in [0.2, 0.25) is 0 Å². The van der Waals surface area contributed by atoms with Gasteiger partial charge in [-0.3, -0.25) is 21.6 Å². The van der Waals surface area contributed by atoms with Crippen LogP contribution in [0.3, 0.4) is 0 Å². The van der Waals surface area contributed by atoms with E-state index >= 15 is 0 Å². The highest BCUT2D eigenvalue weighted by Gasteiger charge is 2.03. The van der Waals surface area contributed by atoms with Crippen molar-refractivity contribution in [3.63, 3.8) is 0 Å². The maximum absolute atomic E-state index is 10.8. The molecule has 0 aliphatic heterocycles. The molecule has 0 amide bonds. The Kier molecular flexibility index (Phi) is 3.38. The Balaban J connectivity index is 2.95. The molecular weight excluding hydrogens is 214 g/mol. The van der Waals surface area contributed by atoms with Crippen molar-refractivity contribution in [2.24, 2.45) is 16.6 Å². The molecule has 0 fully saturated rings. The van der Waals surface area contributed by atoms with Crippen molar-refractivity contribution in [3.05, 3.63) is 45.2 Å². The van der Waals surface area contributed by atoms with Gasteiger partial charge in [-0.25, -0.2) is 0 Å². The third-order valence-electron chi connectivity index (χ3n) is 1.61. The summed E-state index contributed by atoms with van der Waals surface area (Å²) < 4.78 is 0. The Hall–Kier alpha value is -2.64. The van der Waals surface area contributed by atoms with Gasteiger partial charge in [-0.15, -0.1) is 9.95 Å². The first-order chi connectivity index (χ1) is 7.50. The summed E-state index contributed by atoms with van der Waals surface area (Å²) in [6.45, 7) is 0. The van der Waals surface area contributed by atoms with E-state index < -0.39 is 10.9 Å². The molecule has 1 aromatic carbocycles. The highest BCUT2D eigenvalue weighted by atomic mass is 16.6. The number of guanidine groups is 1. The summed E-state index contributed by atoms with van der Waals surface area (Å²) in [6.07, 6.45) is 1.12. The average molecular weight is 223 g/mol. The van der Waals surface area contributed by atoms with Crippen molar-refractivity contribution in [1.82, 2.24) is 0 Å². The van der Waals surface area contributed by atoms with Gasteiger partial charge in [-0.2, -0.15) is 0 Å². The molecule has 4 N–H and O–H groups in total. The molecule has 0 radical (unpaired) electrons. The van der Waals surface area contributed by atoms with Crippen molar-refractivity contribution < 1.29 is 9.77 Å². The SMILES string of the molecule is NC(N)=[N+]([O-])N=Cc1cccc([N+](=O)[O-])c1. The van der Waals surface area contributed by atoms with Crippen LogP contribution >= 0.6 is 0 Å². The highest BCUT2D eigenvalue weighted by Crippen LogP contribution is 2.11. The van der Waals surface area contributed by atoms with Crippen LogP contribution in [0.1, 0.15) is 5.56 Å². The fourth-order valence-corrected chi connectivity index (χ4v) is 0.904. The van der Waals surface area contributed by atoms with Crippen LogP contribution in [-0.4, -0.2) is 21.9 Å². The first-order valence-corrected chi connectivity index (χ1v) is 4.14. The Bertz CT molecular complexity index is 464. The van der Waals surface area contributed by atoms with Crippen LogP contribution in [0.5, 0.6) is 0 Å². The zero-order chi connectivity index (χ0) is 12.1. The Labute approximate surface area is 90.2 Å². The van der Waals surface area contributed by atoms with Gasteiger partial charge in [0.1, 0.15) is 0 Å². The normalized spacial score (nSPS) is 10.2. The van der Waals surface area contributed by atoms with Crippen LogP contribution in [0, 0.1) is 15.3 Å². The number of nitro benzene ring substituents is 1. The maximum Gasteiger partial charge on any atom is 0.366 e. The van der Waals surface area contributed by atoms with E-state index in [2.05, 4.69) is 5.10 Å². The second-order valence-electron chi connectivity index (χ2n) is 2.79. The van der Waals surface area contributed by atoms with E-state index in [0.717, 1.165) is 6.21 Å².